The summed E-state index contributed by atoms with van der Waals surface area (Å²) in [6.07, 6.45) is 1.62. The molecule has 5 heteroatoms. The summed E-state index contributed by atoms with van der Waals surface area (Å²) in [5.41, 5.74) is 0. The van der Waals surface area contributed by atoms with Crippen molar-refractivity contribution >= 4 is 11.9 Å². The Hall–Kier alpha value is -1.10. The molecule has 11 heavy (non-hydrogen) atoms. The fourth-order valence-corrected chi connectivity index (χ4v) is 0.334. The van der Waals surface area contributed by atoms with Crippen LogP contribution in [0.3, 0.4) is 0 Å². The molecule has 0 radical (unpaired) electrons. The van der Waals surface area contributed by atoms with Gasteiger partial charge in [-0.15, -0.1) is 0 Å². The van der Waals surface area contributed by atoms with Crippen molar-refractivity contribution in [1.29, 1.82) is 0 Å². The van der Waals surface area contributed by atoms with Gasteiger partial charge in [0.2, 0.25) is 0 Å². The van der Waals surface area contributed by atoms with Gasteiger partial charge in [-0.25, -0.2) is 9.59 Å². The maximum absolute atomic E-state index is 10.2. The highest BCUT2D eigenvalue weighted by Crippen LogP contribution is 1.89. The third-order valence-corrected chi connectivity index (χ3v) is 0.890. The van der Waals surface area contributed by atoms with Gasteiger partial charge >= 0.3 is 11.9 Å². The molecule has 64 valence electrons. The van der Waals surface area contributed by atoms with E-state index >= 15 is 0 Å². The second-order valence-corrected chi connectivity index (χ2v) is 1.85. The van der Waals surface area contributed by atoms with E-state index in [2.05, 4.69) is 9.78 Å². The van der Waals surface area contributed by atoms with Crippen LogP contribution in [0.25, 0.3) is 0 Å². The van der Waals surface area contributed by atoms with Crippen LogP contribution < -0.4 is 0 Å². The molecule has 0 aliphatic heterocycles. The minimum atomic E-state index is -1.65. The lowest BCUT2D eigenvalue weighted by atomic mass is 10.4. The van der Waals surface area contributed by atoms with Crippen LogP contribution in [0.4, 0.5) is 0 Å². The van der Waals surface area contributed by atoms with Gasteiger partial charge in [-0.2, -0.15) is 4.89 Å². The van der Waals surface area contributed by atoms with E-state index in [1.54, 1.807) is 0 Å². The lowest BCUT2D eigenvalue weighted by molar-refractivity contribution is -0.271. The largest absolute Gasteiger partial charge is 0.473 e. The first-order valence-electron chi connectivity index (χ1n) is 3.25. The number of rotatable bonds is 4. The first-order chi connectivity index (χ1) is 5.18. The number of carboxylic acid groups (broad SMARTS) is 1. The van der Waals surface area contributed by atoms with Crippen LogP contribution >= 0.6 is 0 Å². The molecule has 0 aromatic heterocycles. The van der Waals surface area contributed by atoms with Gasteiger partial charge in [0, 0.05) is 0 Å². The van der Waals surface area contributed by atoms with Crippen LogP contribution in [-0.4, -0.2) is 23.7 Å². The molecular formula is C6H10O5. The summed E-state index contributed by atoms with van der Waals surface area (Å²) in [7, 11) is 0. The third kappa shape index (κ3) is 5.35. The second-order valence-electron chi connectivity index (χ2n) is 1.85. The summed E-state index contributed by atoms with van der Waals surface area (Å²) in [5.74, 6) is -3.04. The summed E-state index contributed by atoms with van der Waals surface area (Å²) in [5, 5.41) is 7.98. The van der Waals surface area contributed by atoms with Crippen molar-refractivity contribution in [3.05, 3.63) is 0 Å². The number of carboxylic acids is 1. The van der Waals surface area contributed by atoms with Gasteiger partial charge in [-0.05, 0) is 6.42 Å². The monoisotopic (exact) mass is 162 g/mol. The number of hydrogen-bond acceptors (Lipinski definition) is 4. The molecule has 0 rings (SSSR count). The standard InChI is InChI=1S/C6H10O5/c1-2-3-4-10-11-6(9)5(7)8/h2-4H2,1H3,(H,7,8). The lowest BCUT2D eigenvalue weighted by Gasteiger charge is -1.98. The lowest BCUT2D eigenvalue weighted by Crippen LogP contribution is -2.16. The van der Waals surface area contributed by atoms with Crippen molar-refractivity contribution in [1.82, 2.24) is 0 Å². The molecule has 1 N–H and O–H groups in total. The van der Waals surface area contributed by atoms with Gasteiger partial charge in [-0.1, -0.05) is 13.3 Å². The van der Waals surface area contributed by atoms with E-state index in [0.717, 1.165) is 12.8 Å². The molecule has 0 unspecified atom stereocenters. The Morgan fingerprint density at radius 2 is 2.09 bits per heavy atom. The molecule has 0 atom stereocenters. The molecular weight excluding hydrogens is 152 g/mol. The van der Waals surface area contributed by atoms with E-state index in [1.807, 2.05) is 6.92 Å². The van der Waals surface area contributed by atoms with Crippen molar-refractivity contribution in [2.45, 2.75) is 19.8 Å². The van der Waals surface area contributed by atoms with Crippen molar-refractivity contribution < 1.29 is 24.5 Å². The van der Waals surface area contributed by atoms with Crippen LogP contribution in [0, 0.1) is 0 Å². The van der Waals surface area contributed by atoms with Gasteiger partial charge in [-0.3, -0.25) is 4.89 Å². The number of unbranched alkanes of at least 4 members (excludes halogenated alkanes) is 1. The third-order valence-electron chi connectivity index (χ3n) is 0.890. The topological polar surface area (TPSA) is 72.8 Å². The Bertz CT molecular complexity index is 142. The Kier molecular flexibility index (Phi) is 5.10. The normalized spacial score (nSPS) is 9.18. The first kappa shape index (κ1) is 9.90. The second kappa shape index (κ2) is 5.67. The summed E-state index contributed by atoms with van der Waals surface area (Å²) in [6, 6.07) is 0. The molecule has 0 fully saturated rings. The number of carbonyl (C=O) groups excluding carboxylic acids is 1. The van der Waals surface area contributed by atoms with Crippen LogP contribution in [0.1, 0.15) is 19.8 Å². The molecule has 0 amide bonds. The highest BCUT2D eigenvalue weighted by atomic mass is 17.2. The zero-order valence-electron chi connectivity index (χ0n) is 6.20. The van der Waals surface area contributed by atoms with Gasteiger partial charge in [0.1, 0.15) is 0 Å². The molecule has 0 aromatic rings. The maximum atomic E-state index is 10.2. The predicted octanol–water partition coefficient (Wildman–Crippen LogP) is 0.346. The fourth-order valence-electron chi connectivity index (χ4n) is 0.334. The molecule has 0 aliphatic rings. The number of hydrogen-bond donors (Lipinski definition) is 1. The van der Waals surface area contributed by atoms with E-state index < -0.39 is 11.9 Å². The van der Waals surface area contributed by atoms with Gasteiger partial charge < -0.3 is 5.11 Å². The van der Waals surface area contributed by atoms with Crippen LogP contribution in [0.15, 0.2) is 0 Å². The summed E-state index contributed by atoms with van der Waals surface area (Å²) in [6.45, 7) is 2.16. The van der Waals surface area contributed by atoms with E-state index in [1.165, 1.54) is 0 Å². The molecule has 0 saturated carbocycles. The molecule has 0 saturated heterocycles. The minimum absolute atomic E-state index is 0.232. The Labute approximate surface area is 63.8 Å². The summed E-state index contributed by atoms with van der Waals surface area (Å²) in [4.78, 5) is 28.1. The van der Waals surface area contributed by atoms with Crippen molar-refractivity contribution in [3.63, 3.8) is 0 Å². The molecule has 0 bridgehead atoms. The van der Waals surface area contributed by atoms with Crippen molar-refractivity contribution in [2.24, 2.45) is 0 Å². The molecule has 0 heterocycles. The summed E-state index contributed by atoms with van der Waals surface area (Å²) < 4.78 is 0. The average Bonchev–Trinajstić information content (AvgIpc) is 1.97. The molecule has 0 aliphatic carbocycles. The van der Waals surface area contributed by atoms with E-state index in [4.69, 9.17) is 5.11 Å². The zero-order chi connectivity index (χ0) is 8.69. The van der Waals surface area contributed by atoms with Crippen molar-refractivity contribution in [3.8, 4) is 0 Å². The van der Waals surface area contributed by atoms with Gasteiger partial charge in [0.25, 0.3) is 0 Å². The fraction of sp³-hybridized carbons (Fsp3) is 0.667. The average molecular weight is 162 g/mol. The van der Waals surface area contributed by atoms with Crippen LogP contribution in [-0.2, 0) is 19.4 Å². The minimum Gasteiger partial charge on any atom is -0.473 e. The predicted molar refractivity (Wildman–Crippen MR) is 34.6 cm³/mol. The van der Waals surface area contributed by atoms with Crippen LogP contribution in [0.5, 0.6) is 0 Å². The SMILES string of the molecule is CCCCOOC(=O)C(=O)O. The number of carbonyl (C=O) groups is 2. The zero-order valence-corrected chi connectivity index (χ0v) is 6.20. The Balaban J connectivity index is 3.25. The number of aliphatic carboxylic acids is 1. The van der Waals surface area contributed by atoms with Gasteiger partial charge in [0.15, 0.2) is 0 Å². The molecule has 0 aromatic carbocycles. The van der Waals surface area contributed by atoms with E-state index in [0.29, 0.717) is 0 Å². The highest BCUT2D eigenvalue weighted by molar-refractivity contribution is 6.28. The van der Waals surface area contributed by atoms with Crippen molar-refractivity contribution in [2.75, 3.05) is 6.61 Å². The van der Waals surface area contributed by atoms with Crippen LogP contribution in [0.2, 0.25) is 0 Å². The smallest absolute Gasteiger partial charge is 0.449 e. The Morgan fingerprint density at radius 1 is 1.45 bits per heavy atom. The first-order valence-corrected chi connectivity index (χ1v) is 3.25. The quantitative estimate of drug-likeness (QED) is 0.279. The highest BCUT2D eigenvalue weighted by Gasteiger charge is 2.13. The van der Waals surface area contributed by atoms with Gasteiger partial charge in [0.05, 0.1) is 6.61 Å². The Morgan fingerprint density at radius 3 is 2.55 bits per heavy atom. The molecule has 5 nitrogen and oxygen atoms in total. The maximum Gasteiger partial charge on any atom is 0.449 e. The summed E-state index contributed by atoms with van der Waals surface area (Å²) >= 11 is 0. The van der Waals surface area contributed by atoms with E-state index in [-0.39, 0.29) is 6.61 Å². The molecule has 0 spiro atoms. The van der Waals surface area contributed by atoms with E-state index in [9.17, 15) is 9.59 Å².